The van der Waals surface area contributed by atoms with Crippen molar-refractivity contribution >= 4 is 23.3 Å². The molecule has 29 heavy (non-hydrogen) atoms. The van der Waals surface area contributed by atoms with Crippen LogP contribution in [0.25, 0.3) is 0 Å². The summed E-state index contributed by atoms with van der Waals surface area (Å²) in [6, 6.07) is 10.7. The highest BCUT2D eigenvalue weighted by atomic mass is 19.1. The molecule has 2 aromatic rings. The van der Waals surface area contributed by atoms with E-state index in [9.17, 15) is 23.5 Å². The Balaban J connectivity index is 1.73. The fourth-order valence-corrected chi connectivity index (χ4v) is 2.86. The first-order chi connectivity index (χ1) is 13.7. The molecule has 1 aliphatic rings. The van der Waals surface area contributed by atoms with E-state index >= 15 is 0 Å². The Kier molecular flexibility index (Phi) is 5.60. The van der Waals surface area contributed by atoms with E-state index in [1.165, 1.54) is 11.9 Å². The number of halogens is 2. The van der Waals surface area contributed by atoms with Gasteiger partial charge in [-0.3, -0.25) is 15.0 Å². The van der Waals surface area contributed by atoms with Crippen LogP contribution < -0.4 is 15.8 Å². The Morgan fingerprint density at radius 2 is 1.97 bits per heavy atom. The summed E-state index contributed by atoms with van der Waals surface area (Å²) >= 11 is 0. The highest BCUT2D eigenvalue weighted by Crippen LogP contribution is 2.23. The second-order valence-electron chi connectivity index (χ2n) is 6.86. The standard InChI is InChI=1S/C20H20F2N4O3/c1-12-19(28)26(14-6-4-3-5-7-14)25-17(24-12)18(27)23-11-20(2,29)15-9-8-13(21)10-16(15)22/h3-10,12,29H,11H2,1-2H3,(H,23,27)(H,24,25). The van der Waals surface area contributed by atoms with E-state index < -0.39 is 29.2 Å². The maximum atomic E-state index is 14.0. The van der Waals surface area contributed by atoms with Crippen molar-refractivity contribution in [3.63, 3.8) is 0 Å². The van der Waals surface area contributed by atoms with Crippen LogP contribution in [0.5, 0.6) is 0 Å². The van der Waals surface area contributed by atoms with Crippen molar-refractivity contribution in [3.8, 4) is 0 Å². The van der Waals surface area contributed by atoms with E-state index in [2.05, 4.69) is 15.7 Å². The number of amidine groups is 1. The molecule has 0 radical (unpaired) electrons. The third-order valence-corrected chi connectivity index (χ3v) is 4.45. The van der Waals surface area contributed by atoms with Gasteiger partial charge in [0.1, 0.15) is 23.3 Å². The van der Waals surface area contributed by atoms with E-state index in [1.54, 1.807) is 37.3 Å². The number of anilines is 1. The number of aliphatic imine (C=N–C) groups is 1. The average molecular weight is 402 g/mol. The van der Waals surface area contributed by atoms with Gasteiger partial charge in [0.15, 0.2) is 0 Å². The van der Waals surface area contributed by atoms with Crippen LogP contribution in [-0.2, 0) is 15.2 Å². The van der Waals surface area contributed by atoms with Crippen LogP contribution in [0, 0.1) is 11.6 Å². The number of para-hydroxylation sites is 1. The van der Waals surface area contributed by atoms with Crippen LogP contribution in [0.4, 0.5) is 14.5 Å². The number of hydrazine groups is 1. The molecule has 0 bridgehead atoms. The fraction of sp³-hybridized carbons (Fsp3) is 0.250. The van der Waals surface area contributed by atoms with Gasteiger partial charge in [0, 0.05) is 11.6 Å². The Labute approximate surface area is 166 Å². The predicted molar refractivity (Wildman–Crippen MR) is 103 cm³/mol. The van der Waals surface area contributed by atoms with Crippen LogP contribution in [0.2, 0.25) is 0 Å². The zero-order valence-electron chi connectivity index (χ0n) is 15.8. The number of carbonyl (C=O) groups is 2. The largest absolute Gasteiger partial charge is 0.383 e. The summed E-state index contributed by atoms with van der Waals surface area (Å²) in [6.07, 6.45) is 0. The lowest BCUT2D eigenvalue weighted by Gasteiger charge is -2.31. The average Bonchev–Trinajstić information content (AvgIpc) is 2.68. The molecule has 0 aromatic heterocycles. The quantitative estimate of drug-likeness (QED) is 0.709. The predicted octanol–water partition coefficient (Wildman–Crippen LogP) is 1.63. The van der Waals surface area contributed by atoms with Gasteiger partial charge in [0.25, 0.3) is 11.8 Å². The minimum Gasteiger partial charge on any atom is -0.383 e. The maximum Gasteiger partial charge on any atom is 0.288 e. The molecule has 152 valence electrons. The monoisotopic (exact) mass is 402 g/mol. The number of amides is 2. The van der Waals surface area contributed by atoms with Crippen molar-refractivity contribution in [1.29, 1.82) is 0 Å². The van der Waals surface area contributed by atoms with Crippen LogP contribution >= 0.6 is 0 Å². The molecule has 2 aromatic carbocycles. The first-order valence-corrected chi connectivity index (χ1v) is 8.88. The number of benzene rings is 2. The number of carbonyl (C=O) groups excluding carboxylic acids is 2. The number of hydrogen-bond acceptors (Lipinski definition) is 5. The third kappa shape index (κ3) is 4.40. The second kappa shape index (κ2) is 7.96. The lowest BCUT2D eigenvalue weighted by molar-refractivity contribution is -0.120. The molecule has 7 nitrogen and oxygen atoms in total. The molecule has 2 unspecified atom stereocenters. The van der Waals surface area contributed by atoms with Crippen molar-refractivity contribution < 1.29 is 23.5 Å². The summed E-state index contributed by atoms with van der Waals surface area (Å²) in [6.45, 7) is 2.49. The van der Waals surface area contributed by atoms with Crippen molar-refractivity contribution in [2.45, 2.75) is 25.5 Å². The zero-order chi connectivity index (χ0) is 21.2. The number of aliphatic hydroxyl groups is 1. The Morgan fingerprint density at radius 3 is 2.62 bits per heavy atom. The molecule has 3 rings (SSSR count). The van der Waals surface area contributed by atoms with Crippen molar-refractivity contribution in [3.05, 3.63) is 65.7 Å². The number of nitrogens with zero attached hydrogens (tertiary/aromatic N) is 2. The molecule has 1 heterocycles. The fourth-order valence-electron chi connectivity index (χ4n) is 2.86. The van der Waals surface area contributed by atoms with Gasteiger partial charge in [0.05, 0.1) is 12.2 Å². The normalized spacial score (nSPS) is 18.5. The van der Waals surface area contributed by atoms with Crippen molar-refractivity contribution in [1.82, 2.24) is 10.7 Å². The molecule has 0 aliphatic carbocycles. The van der Waals surface area contributed by atoms with Crippen LogP contribution in [0.15, 0.2) is 53.5 Å². The third-order valence-electron chi connectivity index (χ3n) is 4.45. The van der Waals surface area contributed by atoms with Crippen molar-refractivity contribution in [2.24, 2.45) is 4.99 Å². The molecule has 2 amide bonds. The lowest BCUT2D eigenvalue weighted by atomic mass is 9.95. The first-order valence-electron chi connectivity index (χ1n) is 8.88. The Morgan fingerprint density at radius 1 is 1.28 bits per heavy atom. The van der Waals surface area contributed by atoms with E-state index in [0.717, 1.165) is 12.1 Å². The highest BCUT2D eigenvalue weighted by molar-refractivity contribution is 6.39. The second-order valence-corrected chi connectivity index (χ2v) is 6.86. The molecule has 0 saturated carbocycles. The maximum absolute atomic E-state index is 14.0. The first kappa shape index (κ1) is 20.4. The van der Waals surface area contributed by atoms with Gasteiger partial charge >= 0.3 is 0 Å². The Bertz CT molecular complexity index is 963. The summed E-state index contributed by atoms with van der Waals surface area (Å²) in [5, 5.41) is 14.2. The topological polar surface area (TPSA) is 94.0 Å². The molecular weight excluding hydrogens is 382 g/mol. The Hall–Kier alpha value is -3.33. The van der Waals surface area contributed by atoms with Gasteiger partial charge in [-0.05, 0) is 32.0 Å². The molecule has 2 atom stereocenters. The van der Waals surface area contributed by atoms with Crippen molar-refractivity contribution in [2.75, 3.05) is 11.6 Å². The molecule has 0 spiro atoms. The molecule has 0 fully saturated rings. The van der Waals surface area contributed by atoms with Crippen LogP contribution in [0.3, 0.4) is 0 Å². The van der Waals surface area contributed by atoms with Gasteiger partial charge in [-0.15, -0.1) is 0 Å². The van der Waals surface area contributed by atoms with Gasteiger partial charge in [0.2, 0.25) is 5.84 Å². The number of hydrogen-bond donors (Lipinski definition) is 3. The summed E-state index contributed by atoms with van der Waals surface area (Å²) < 4.78 is 27.1. The summed E-state index contributed by atoms with van der Waals surface area (Å²) in [5.41, 5.74) is 1.24. The smallest absolute Gasteiger partial charge is 0.288 e. The van der Waals surface area contributed by atoms with Gasteiger partial charge < -0.3 is 10.4 Å². The summed E-state index contributed by atoms with van der Waals surface area (Å²) in [5.74, 6) is -2.85. The highest BCUT2D eigenvalue weighted by Gasteiger charge is 2.32. The van der Waals surface area contributed by atoms with E-state index in [4.69, 9.17) is 0 Å². The van der Waals surface area contributed by atoms with E-state index in [0.29, 0.717) is 11.8 Å². The van der Waals surface area contributed by atoms with Gasteiger partial charge in [-0.2, -0.15) is 0 Å². The van der Waals surface area contributed by atoms with E-state index in [1.807, 2.05) is 0 Å². The number of nitrogens with one attached hydrogen (secondary N) is 2. The lowest BCUT2D eigenvalue weighted by Crippen LogP contribution is -2.58. The van der Waals surface area contributed by atoms with Crippen LogP contribution in [0.1, 0.15) is 19.4 Å². The minimum atomic E-state index is -1.79. The van der Waals surface area contributed by atoms with Gasteiger partial charge in [-0.25, -0.2) is 18.8 Å². The molecule has 0 saturated heterocycles. The summed E-state index contributed by atoms with van der Waals surface area (Å²) in [7, 11) is 0. The SMILES string of the molecule is CC1N=C(C(=O)NCC(C)(O)c2ccc(F)cc2F)NN(c2ccccc2)C1=O. The molecule has 9 heteroatoms. The summed E-state index contributed by atoms with van der Waals surface area (Å²) in [4.78, 5) is 28.9. The number of rotatable bonds is 5. The van der Waals surface area contributed by atoms with E-state index in [-0.39, 0.29) is 23.9 Å². The molecule has 3 N–H and O–H groups in total. The van der Waals surface area contributed by atoms with Crippen LogP contribution in [-0.4, -0.2) is 35.3 Å². The zero-order valence-corrected chi connectivity index (χ0v) is 15.8. The molecular formula is C20H20F2N4O3. The van der Waals surface area contributed by atoms with Gasteiger partial charge in [-0.1, -0.05) is 24.3 Å². The minimum absolute atomic E-state index is 0.128. The molecule has 1 aliphatic heterocycles.